The van der Waals surface area contributed by atoms with E-state index in [1.54, 1.807) is 13.8 Å². The number of amides is 1. The number of carbonyl (C=O) groups is 2. The van der Waals surface area contributed by atoms with Crippen LogP contribution >= 0.6 is 0 Å². The molecule has 0 aromatic carbocycles. The van der Waals surface area contributed by atoms with E-state index in [0.29, 0.717) is 6.42 Å². The lowest BCUT2D eigenvalue weighted by atomic mass is 10.1. The first-order chi connectivity index (χ1) is 6.97. The number of carboxylic acid groups (broad SMARTS) is 1. The maximum atomic E-state index is 11.1. The fourth-order valence-electron chi connectivity index (χ4n) is 1.06. The van der Waals surface area contributed by atoms with Gasteiger partial charge in [-0.05, 0) is 20.3 Å². The number of hydrogen-bond acceptors (Lipinski definition) is 3. The first-order valence-corrected chi connectivity index (χ1v) is 5.17. The molecular weight excluding hydrogens is 198 g/mol. The third-order valence-electron chi connectivity index (χ3n) is 1.78. The molecule has 88 valence electrons. The van der Waals surface area contributed by atoms with Gasteiger partial charge in [-0.15, -0.1) is 0 Å². The minimum Gasteiger partial charge on any atom is -0.480 e. The number of nitrogens with one attached hydrogen (secondary N) is 1. The monoisotopic (exact) mass is 217 g/mol. The molecule has 0 aromatic rings. The van der Waals surface area contributed by atoms with Crippen molar-refractivity contribution in [3.63, 3.8) is 0 Å². The van der Waals surface area contributed by atoms with Gasteiger partial charge in [0.25, 0.3) is 0 Å². The first kappa shape index (κ1) is 13.7. The molecule has 0 aliphatic carbocycles. The smallest absolute Gasteiger partial charge is 0.408 e. The van der Waals surface area contributed by atoms with E-state index in [2.05, 4.69) is 5.32 Å². The standard InChI is InChI=1S/C10H19NO4/c1-4-5-6-8(9(12)13)11-10(14)15-7(2)3/h7-8H,4-6H2,1-3H3,(H,11,14)(H,12,13). The Kier molecular flexibility index (Phi) is 6.49. The van der Waals surface area contributed by atoms with Crippen LogP contribution in [0.4, 0.5) is 4.79 Å². The van der Waals surface area contributed by atoms with Crippen LogP contribution in [0.3, 0.4) is 0 Å². The van der Waals surface area contributed by atoms with Crippen LogP contribution in [0.15, 0.2) is 0 Å². The summed E-state index contributed by atoms with van der Waals surface area (Å²) in [6.45, 7) is 5.38. The van der Waals surface area contributed by atoms with Gasteiger partial charge in [0, 0.05) is 0 Å². The fourth-order valence-corrected chi connectivity index (χ4v) is 1.06. The molecule has 15 heavy (non-hydrogen) atoms. The normalized spacial score (nSPS) is 12.3. The van der Waals surface area contributed by atoms with Gasteiger partial charge in [-0.25, -0.2) is 9.59 Å². The molecule has 0 aliphatic rings. The summed E-state index contributed by atoms with van der Waals surface area (Å²) in [4.78, 5) is 21.9. The third-order valence-corrected chi connectivity index (χ3v) is 1.78. The van der Waals surface area contributed by atoms with Crippen LogP contribution in [0.25, 0.3) is 0 Å². The zero-order valence-corrected chi connectivity index (χ0v) is 9.45. The molecule has 0 aromatic heterocycles. The van der Waals surface area contributed by atoms with Gasteiger partial charge in [-0.3, -0.25) is 0 Å². The van der Waals surface area contributed by atoms with E-state index in [1.165, 1.54) is 0 Å². The second kappa shape index (κ2) is 7.09. The highest BCUT2D eigenvalue weighted by atomic mass is 16.6. The zero-order chi connectivity index (χ0) is 11.8. The summed E-state index contributed by atoms with van der Waals surface area (Å²) in [6.07, 6.45) is 1.17. The molecule has 5 nitrogen and oxygen atoms in total. The van der Waals surface area contributed by atoms with E-state index in [-0.39, 0.29) is 6.10 Å². The van der Waals surface area contributed by atoms with Gasteiger partial charge in [-0.2, -0.15) is 0 Å². The maximum Gasteiger partial charge on any atom is 0.408 e. The van der Waals surface area contributed by atoms with Crippen LogP contribution < -0.4 is 5.32 Å². The zero-order valence-electron chi connectivity index (χ0n) is 9.45. The van der Waals surface area contributed by atoms with Crippen molar-refractivity contribution in [2.24, 2.45) is 0 Å². The summed E-state index contributed by atoms with van der Waals surface area (Å²) >= 11 is 0. The fraction of sp³-hybridized carbons (Fsp3) is 0.800. The molecule has 5 heteroatoms. The number of alkyl carbamates (subject to hydrolysis) is 1. The van der Waals surface area contributed by atoms with Crippen molar-refractivity contribution in [2.45, 2.75) is 52.2 Å². The van der Waals surface area contributed by atoms with Gasteiger partial charge in [0.05, 0.1) is 6.10 Å². The molecule has 1 unspecified atom stereocenters. The molecule has 0 fully saturated rings. The Balaban J connectivity index is 4.04. The largest absolute Gasteiger partial charge is 0.480 e. The highest BCUT2D eigenvalue weighted by Crippen LogP contribution is 2.01. The first-order valence-electron chi connectivity index (χ1n) is 5.17. The quantitative estimate of drug-likeness (QED) is 0.710. The van der Waals surface area contributed by atoms with Crippen molar-refractivity contribution in [1.82, 2.24) is 5.32 Å². The van der Waals surface area contributed by atoms with Crippen molar-refractivity contribution in [3.05, 3.63) is 0 Å². The highest BCUT2D eigenvalue weighted by molar-refractivity contribution is 5.79. The van der Waals surface area contributed by atoms with Gasteiger partial charge in [0.2, 0.25) is 0 Å². The lowest BCUT2D eigenvalue weighted by Crippen LogP contribution is -2.41. The van der Waals surface area contributed by atoms with E-state index in [0.717, 1.165) is 12.8 Å². The van der Waals surface area contributed by atoms with E-state index < -0.39 is 18.1 Å². The molecule has 0 heterocycles. The topological polar surface area (TPSA) is 75.6 Å². The summed E-state index contributed by atoms with van der Waals surface area (Å²) < 4.78 is 4.80. The van der Waals surface area contributed by atoms with Gasteiger partial charge in [-0.1, -0.05) is 19.8 Å². The van der Waals surface area contributed by atoms with Gasteiger partial charge < -0.3 is 15.2 Å². The predicted molar refractivity (Wildman–Crippen MR) is 55.7 cm³/mol. The Morgan fingerprint density at radius 2 is 2.00 bits per heavy atom. The van der Waals surface area contributed by atoms with Crippen molar-refractivity contribution in [3.8, 4) is 0 Å². The van der Waals surface area contributed by atoms with E-state index in [9.17, 15) is 9.59 Å². The molecule has 0 bridgehead atoms. The Hall–Kier alpha value is -1.26. The molecule has 0 rings (SSSR count). The van der Waals surface area contributed by atoms with Crippen LogP contribution in [0.5, 0.6) is 0 Å². The van der Waals surface area contributed by atoms with Crippen LogP contribution in [0.2, 0.25) is 0 Å². The molecule has 0 aliphatic heterocycles. The minimum absolute atomic E-state index is 0.245. The van der Waals surface area contributed by atoms with Crippen molar-refractivity contribution < 1.29 is 19.4 Å². The van der Waals surface area contributed by atoms with Crippen LogP contribution in [0.1, 0.15) is 40.0 Å². The average Bonchev–Trinajstić information content (AvgIpc) is 2.10. The highest BCUT2D eigenvalue weighted by Gasteiger charge is 2.20. The predicted octanol–water partition coefficient (Wildman–Crippen LogP) is 1.76. The average molecular weight is 217 g/mol. The summed E-state index contributed by atoms with van der Waals surface area (Å²) in [6, 6.07) is -0.851. The summed E-state index contributed by atoms with van der Waals surface area (Å²) in [5, 5.41) is 11.1. The summed E-state index contributed by atoms with van der Waals surface area (Å²) in [5.74, 6) is -1.02. The number of hydrogen-bond donors (Lipinski definition) is 2. The molecule has 0 spiro atoms. The molecule has 1 atom stereocenters. The third kappa shape index (κ3) is 6.76. The molecule has 2 N–H and O–H groups in total. The Bertz CT molecular complexity index is 215. The minimum atomic E-state index is -1.02. The molecule has 0 saturated carbocycles. The summed E-state index contributed by atoms with van der Waals surface area (Å²) in [7, 11) is 0. The van der Waals surface area contributed by atoms with Gasteiger partial charge in [0.15, 0.2) is 0 Å². The molecule has 0 saturated heterocycles. The van der Waals surface area contributed by atoms with Gasteiger partial charge >= 0.3 is 12.1 Å². The number of aliphatic carboxylic acids is 1. The maximum absolute atomic E-state index is 11.1. The number of carbonyl (C=O) groups excluding carboxylic acids is 1. The van der Waals surface area contributed by atoms with Crippen LogP contribution in [-0.4, -0.2) is 29.3 Å². The molecular formula is C10H19NO4. The Labute approximate surface area is 89.8 Å². The van der Waals surface area contributed by atoms with Gasteiger partial charge in [0.1, 0.15) is 6.04 Å². The Morgan fingerprint density at radius 3 is 2.40 bits per heavy atom. The SMILES string of the molecule is CCCCC(NC(=O)OC(C)C)C(=O)O. The van der Waals surface area contributed by atoms with E-state index in [1.807, 2.05) is 6.92 Å². The van der Waals surface area contributed by atoms with Crippen molar-refractivity contribution >= 4 is 12.1 Å². The van der Waals surface area contributed by atoms with Crippen molar-refractivity contribution in [1.29, 1.82) is 0 Å². The second-order valence-corrected chi connectivity index (χ2v) is 3.63. The molecule has 0 radical (unpaired) electrons. The van der Waals surface area contributed by atoms with Crippen LogP contribution in [0, 0.1) is 0 Å². The number of unbranched alkanes of at least 4 members (excludes halogenated alkanes) is 1. The Morgan fingerprint density at radius 1 is 1.40 bits per heavy atom. The van der Waals surface area contributed by atoms with Crippen LogP contribution in [-0.2, 0) is 9.53 Å². The van der Waals surface area contributed by atoms with E-state index in [4.69, 9.17) is 9.84 Å². The van der Waals surface area contributed by atoms with E-state index >= 15 is 0 Å². The second-order valence-electron chi connectivity index (χ2n) is 3.63. The number of rotatable bonds is 6. The van der Waals surface area contributed by atoms with Crippen molar-refractivity contribution in [2.75, 3.05) is 0 Å². The number of carboxylic acids is 1. The molecule has 1 amide bonds. The number of ether oxygens (including phenoxy) is 1. The summed E-state index contributed by atoms with van der Waals surface area (Å²) in [5.41, 5.74) is 0. The lowest BCUT2D eigenvalue weighted by molar-refractivity contribution is -0.139. The lowest BCUT2D eigenvalue weighted by Gasteiger charge is -2.15.